The van der Waals surface area contributed by atoms with Crippen molar-refractivity contribution in [3.8, 4) is 11.5 Å². The molecule has 0 N–H and O–H groups in total. The summed E-state index contributed by atoms with van der Waals surface area (Å²) >= 11 is 6.17. The monoisotopic (exact) mass is 293 g/mol. The van der Waals surface area contributed by atoms with Crippen LogP contribution >= 0.6 is 11.6 Å². The molecule has 0 spiro atoms. The van der Waals surface area contributed by atoms with Crippen molar-refractivity contribution in [2.24, 2.45) is 0 Å². The van der Waals surface area contributed by atoms with E-state index in [1.54, 1.807) is 0 Å². The molecule has 3 aromatic carbocycles. The fourth-order valence-electron chi connectivity index (χ4n) is 2.58. The van der Waals surface area contributed by atoms with Gasteiger partial charge in [0, 0.05) is 10.7 Å². The summed E-state index contributed by atoms with van der Waals surface area (Å²) in [5.41, 5.74) is 3.04. The van der Waals surface area contributed by atoms with Crippen molar-refractivity contribution in [1.82, 2.24) is 0 Å². The average Bonchev–Trinajstić information content (AvgIpc) is 2.53. The first-order valence-electron chi connectivity index (χ1n) is 6.74. The number of hydrogen-bond acceptors (Lipinski definition) is 2. The van der Waals surface area contributed by atoms with Crippen LogP contribution in [0.2, 0.25) is 5.02 Å². The number of para-hydroxylation sites is 3. The summed E-state index contributed by atoms with van der Waals surface area (Å²) in [4.78, 5) is 2.17. The lowest BCUT2D eigenvalue weighted by atomic mass is 10.1. The molecule has 0 saturated heterocycles. The number of fused-ring (bicyclic) bond motifs is 2. The van der Waals surface area contributed by atoms with Gasteiger partial charge in [-0.2, -0.15) is 0 Å². The summed E-state index contributed by atoms with van der Waals surface area (Å²) in [6.07, 6.45) is 0. The molecule has 0 amide bonds. The Balaban J connectivity index is 1.98. The molecule has 3 heteroatoms. The number of nitrogens with zero attached hydrogens (tertiary/aromatic N) is 1. The molecule has 21 heavy (non-hydrogen) atoms. The zero-order valence-corrected chi connectivity index (χ0v) is 11.9. The summed E-state index contributed by atoms with van der Waals surface area (Å²) in [6, 6.07) is 23.9. The van der Waals surface area contributed by atoms with Gasteiger partial charge in [-0.3, -0.25) is 0 Å². The third-order valence-corrected chi connectivity index (χ3v) is 3.74. The lowest BCUT2D eigenvalue weighted by Crippen LogP contribution is -2.15. The standard InChI is InChI=1S/C18H12ClNO/c19-13-10-11-18-16(12-13)20(14-6-2-1-3-7-14)15-8-4-5-9-17(15)21-18/h1-12H. The maximum atomic E-state index is 6.17. The Morgan fingerprint density at radius 2 is 1.43 bits per heavy atom. The first kappa shape index (κ1) is 12.3. The number of hydrogen-bond donors (Lipinski definition) is 0. The molecule has 0 radical (unpaired) electrons. The van der Waals surface area contributed by atoms with Crippen LogP contribution in [0.15, 0.2) is 72.8 Å². The lowest BCUT2D eigenvalue weighted by molar-refractivity contribution is 0.477. The molecule has 0 aliphatic carbocycles. The number of anilines is 3. The van der Waals surface area contributed by atoms with Crippen LogP contribution in [-0.4, -0.2) is 0 Å². The first-order chi connectivity index (χ1) is 10.3. The van der Waals surface area contributed by atoms with Crippen LogP contribution in [0.4, 0.5) is 17.1 Å². The lowest BCUT2D eigenvalue weighted by Gasteiger charge is -2.32. The van der Waals surface area contributed by atoms with Crippen molar-refractivity contribution in [1.29, 1.82) is 0 Å². The Morgan fingerprint density at radius 3 is 2.29 bits per heavy atom. The second kappa shape index (κ2) is 4.83. The van der Waals surface area contributed by atoms with Gasteiger partial charge < -0.3 is 9.64 Å². The first-order valence-corrected chi connectivity index (χ1v) is 7.12. The van der Waals surface area contributed by atoms with Crippen LogP contribution in [0.3, 0.4) is 0 Å². The molecular formula is C18H12ClNO. The maximum Gasteiger partial charge on any atom is 0.151 e. The molecular weight excluding hydrogens is 282 g/mol. The minimum atomic E-state index is 0.692. The summed E-state index contributed by atoms with van der Waals surface area (Å²) in [5.74, 6) is 1.65. The van der Waals surface area contributed by atoms with Crippen LogP contribution in [0.1, 0.15) is 0 Å². The Kier molecular flexibility index (Phi) is 2.83. The second-order valence-corrected chi connectivity index (χ2v) is 5.29. The van der Waals surface area contributed by atoms with E-state index in [4.69, 9.17) is 16.3 Å². The van der Waals surface area contributed by atoms with Gasteiger partial charge in [0.1, 0.15) is 0 Å². The predicted molar refractivity (Wildman–Crippen MR) is 86.2 cm³/mol. The fraction of sp³-hybridized carbons (Fsp3) is 0. The molecule has 4 rings (SSSR count). The number of rotatable bonds is 1. The van der Waals surface area contributed by atoms with E-state index in [2.05, 4.69) is 17.0 Å². The van der Waals surface area contributed by atoms with Crippen molar-refractivity contribution in [3.05, 3.63) is 77.8 Å². The third kappa shape index (κ3) is 2.05. The van der Waals surface area contributed by atoms with E-state index >= 15 is 0 Å². The van der Waals surface area contributed by atoms with E-state index < -0.39 is 0 Å². The molecule has 0 fully saturated rings. The topological polar surface area (TPSA) is 12.5 Å². The molecule has 102 valence electrons. The summed E-state index contributed by atoms with van der Waals surface area (Å²) in [6.45, 7) is 0. The molecule has 2 nitrogen and oxygen atoms in total. The minimum Gasteiger partial charge on any atom is -0.453 e. The highest BCUT2D eigenvalue weighted by atomic mass is 35.5. The Labute approximate surface area is 128 Å². The SMILES string of the molecule is Clc1ccc2c(c1)N(c1ccccc1)c1ccccc1O2. The molecule has 0 unspecified atom stereocenters. The van der Waals surface area contributed by atoms with E-state index in [0.29, 0.717) is 5.02 Å². The molecule has 1 heterocycles. The Morgan fingerprint density at radius 1 is 0.714 bits per heavy atom. The number of benzene rings is 3. The van der Waals surface area contributed by atoms with Gasteiger partial charge in [-0.15, -0.1) is 0 Å². The smallest absolute Gasteiger partial charge is 0.151 e. The van der Waals surface area contributed by atoms with Gasteiger partial charge >= 0.3 is 0 Å². The van der Waals surface area contributed by atoms with Crippen molar-refractivity contribution >= 4 is 28.7 Å². The second-order valence-electron chi connectivity index (χ2n) is 4.85. The van der Waals surface area contributed by atoms with E-state index in [1.807, 2.05) is 60.7 Å². The van der Waals surface area contributed by atoms with Crippen molar-refractivity contribution in [3.63, 3.8) is 0 Å². The molecule has 0 bridgehead atoms. The van der Waals surface area contributed by atoms with E-state index in [0.717, 1.165) is 28.6 Å². The van der Waals surface area contributed by atoms with E-state index in [-0.39, 0.29) is 0 Å². The van der Waals surface area contributed by atoms with Gasteiger partial charge in [-0.25, -0.2) is 0 Å². The third-order valence-electron chi connectivity index (χ3n) is 3.50. The van der Waals surface area contributed by atoms with Crippen molar-refractivity contribution < 1.29 is 4.74 Å². The van der Waals surface area contributed by atoms with Crippen LogP contribution in [0, 0.1) is 0 Å². The van der Waals surface area contributed by atoms with Crippen molar-refractivity contribution in [2.45, 2.75) is 0 Å². The highest BCUT2D eigenvalue weighted by Crippen LogP contribution is 2.50. The molecule has 0 atom stereocenters. The Bertz CT molecular complexity index is 801. The van der Waals surface area contributed by atoms with Crippen LogP contribution in [0.5, 0.6) is 11.5 Å². The zero-order chi connectivity index (χ0) is 14.2. The fourth-order valence-corrected chi connectivity index (χ4v) is 2.75. The largest absolute Gasteiger partial charge is 0.453 e. The predicted octanol–water partition coefficient (Wildman–Crippen LogP) is 5.92. The summed E-state index contributed by atoms with van der Waals surface area (Å²) in [5, 5.41) is 0.692. The molecule has 1 aliphatic heterocycles. The van der Waals surface area contributed by atoms with Crippen LogP contribution < -0.4 is 9.64 Å². The summed E-state index contributed by atoms with van der Waals surface area (Å²) in [7, 11) is 0. The van der Waals surface area contributed by atoms with Gasteiger partial charge in [-0.05, 0) is 42.5 Å². The number of halogens is 1. The minimum absolute atomic E-state index is 0.692. The van der Waals surface area contributed by atoms with Crippen LogP contribution in [-0.2, 0) is 0 Å². The normalized spacial score (nSPS) is 12.3. The van der Waals surface area contributed by atoms with Crippen molar-refractivity contribution in [2.75, 3.05) is 4.90 Å². The average molecular weight is 294 g/mol. The molecule has 1 aliphatic rings. The zero-order valence-electron chi connectivity index (χ0n) is 11.2. The summed E-state index contributed by atoms with van der Waals surface area (Å²) < 4.78 is 5.98. The highest BCUT2D eigenvalue weighted by Gasteiger charge is 2.25. The van der Waals surface area contributed by atoms with E-state index in [9.17, 15) is 0 Å². The van der Waals surface area contributed by atoms with Gasteiger partial charge in [0.25, 0.3) is 0 Å². The Hall–Kier alpha value is -2.45. The van der Waals surface area contributed by atoms with E-state index in [1.165, 1.54) is 0 Å². The molecule has 0 saturated carbocycles. The van der Waals surface area contributed by atoms with Gasteiger partial charge in [-0.1, -0.05) is 41.9 Å². The molecule has 0 aromatic heterocycles. The quantitative estimate of drug-likeness (QED) is 0.432. The van der Waals surface area contributed by atoms with Gasteiger partial charge in [0.05, 0.1) is 11.4 Å². The van der Waals surface area contributed by atoms with Gasteiger partial charge in [0.15, 0.2) is 11.5 Å². The maximum absolute atomic E-state index is 6.17. The van der Waals surface area contributed by atoms with Gasteiger partial charge in [0.2, 0.25) is 0 Å². The molecule has 3 aromatic rings. The number of ether oxygens (including phenoxy) is 1. The highest BCUT2D eigenvalue weighted by molar-refractivity contribution is 6.31. The van der Waals surface area contributed by atoms with Crippen LogP contribution in [0.25, 0.3) is 0 Å².